The number of amides is 2. The lowest BCUT2D eigenvalue weighted by molar-refractivity contribution is -0.345. The molecule has 4 atom stereocenters. The third-order valence-electron chi connectivity index (χ3n) is 6.03. The van der Waals surface area contributed by atoms with Crippen LogP contribution in [-0.4, -0.2) is 93.9 Å². The number of H-pyrrole nitrogens is 1. The highest BCUT2D eigenvalue weighted by molar-refractivity contribution is 9.10. The van der Waals surface area contributed by atoms with Crippen LogP contribution in [0.1, 0.15) is 41.5 Å². The fraction of sp³-hybridized carbons (Fsp3) is 0.444. The molecule has 1 aromatic carbocycles. The molecule has 0 radical (unpaired) electrons. The number of esters is 4. The largest absolute Gasteiger partial charge is 0.451 e. The number of hydrogen-bond acceptors (Lipinski definition) is 12. The number of rotatable bonds is 9. The molecule has 1 aliphatic rings. The van der Waals surface area contributed by atoms with E-state index in [0.717, 1.165) is 23.6 Å². The summed E-state index contributed by atoms with van der Waals surface area (Å²) in [5, 5.41) is 0. The molecule has 1 N–H and O–H groups in total. The SMILES string of the molecule is CC(=O)OC(C)C(=O)OC(C)C(=O)N1CCN(C(=O)C(C)OC(=O)C(C)OC(C)=O)C1=Nc1ccc2ncc[nH+]c2c1Br. The predicted molar refractivity (Wildman–Crippen MR) is 150 cm³/mol. The molecular weight excluding hydrogens is 634 g/mol. The molecule has 2 aromatic rings. The van der Waals surface area contributed by atoms with Crippen LogP contribution in [0.3, 0.4) is 0 Å². The number of nitrogens with zero attached hydrogens (tertiary/aromatic N) is 4. The maximum atomic E-state index is 13.5. The minimum atomic E-state index is -1.34. The molecule has 3 rings (SSSR count). The molecular formula is C27H31BrN5O10+. The number of carbonyl (C=O) groups is 6. The van der Waals surface area contributed by atoms with E-state index in [1.807, 2.05) is 0 Å². The molecule has 16 heteroatoms. The van der Waals surface area contributed by atoms with Crippen molar-refractivity contribution in [1.29, 1.82) is 0 Å². The summed E-state index contributed by atoms with van der Waals surface area (Å²) in [6.07, 6.45) is -1.99. The second-order valence-electron chi connectivity index (χ2n) is 9.44. The van der Waals surface area contributed by atoms with Crippen LogP contribution in [-0.2, 0) is 47.7 Å². The van der Waals surface area contributed by atoms with Crippen LogP contribution in [0.5, 0.6) is 0 Å². The molecule has 1 fully saturated rings. The normalized spacial score (nSPS) is 15.7. The molecule has 0 saturated carbocycles. The highest BCUT2D eigenvalue weighted by atomic mass is 79.9. The smallest absolute Gasteiger partial charge is 0.347 e. The first-order valence-corrected chi connectivity index (χ1v) is 13.9. The summed E-state index contributed by atoms with van der Waals surface area (Å²) in [5.41, 5.74) is 1.54. The topological polar surface area (TPSA) is 185 Å². The summed E-state index contributed by atoms with van der Waals surface area (Å²) < 4.78 is 20.6. The van der Waals surface area contributed by atoms with Crippen molar-refractivity contribution < 1.29 is 52.7 Å². The van der Waals surface area contributed by atoms with Gasteiger partial charge in [-0.1, -0.05) is 0 Å². The first kappa shape index (κ1) is 33.0. The van der Waals surface area contributed by atoms with Gasteiger partial charge in [-0.2, -0.15) is 0 Å². The van der Waals surface area contributed by atoms with E-state index < -0.39 is 60.1 Å². The third-order valence-corrected chi connectivity index (χ3v) is 6.83. The van der Waals surface area contributed by atoms with Crippen molar-refractivity contribution >= 4 is 74.3 Å². The van der Waals surface area contributed by atoms with Gasteiger partial charge in [0.15, 0.2) is 30.6 Å². The molecule has 1 aliphatic heterocycles. The van der Waals surface area contributed by atoms with Crippen LogP contribution < -0.4 is 4.98 Å². The second kappa shape index (κ2) is 14.1. The summed E-state index contributed by atoms with van der Waals surface area (Å²) in [7, 11) is 0. The number of guanidine groups is 1. The zero-order valence-corrected chi connectivity index (χ0v) is 25.9. The summed E-state index contributed by atoms with van der Waals surface area (Å²) in [4.78, 5) is 88.4. The first-order chi connectivity index (χ1) is 20.2. The Morgan fingerprint density at radius 3 is 1.77 bits per heavy atom. The van der Waals surface area contributed by atoms with Gasteiger partial charge in [-0.3, -0.25) is 29.0 Å². The number of ether oxygens (including phenoxy) is 4. The van der Waals surface area contributed by atoms with Crippen molar-refractivity contribution in [3.05, 3.63) is 29.0 Å². The van der Waals surface area contributed by atoms with E-state index in [4.69, 9.17) is 18.9 Å². The first-order valence-electron chi connectivity index (χ1n) is 13.1. The molecule has 1 aromatic heterocycles. The fourth-order valence-electron chi connectivity index (χ4n) is 3.99. The number of halogens is 1. The number of nitrogens with one attached hydrogen (secondary N) is 1. The molecule has 0 spiro atoms. The minimum absolute atomic E-state index is 0.0335. The van der Waals surface area contributed by atoms with Crippen LogP contribution in [0, 0.1) is 0 Å². The summed E-state index contributed by atoms with van der Waals surface area (Å²) in [6.45, 7) is 7.46. The van der Waals surface area contributed by atoms with Crippen molar-refractivity contribution in [1.82, 2.24) is 14.8 Å². The van der Waals surface area contributed by atoms with Crippen LogP contribution >= 0.6 is 15.9 Å². The van der Waals surface area contributed by atoms with Gasteiger partial charge in [-0.25, -0.2) is 24.5 Å². The Labute approximate surface area is 254 Å². The molecule has 2 amide bonds. The van der Waals surface area contributed by atoms with Crippen LogP contribution in [0.15, 0.2) is 34.0 Å². The average molecular weight is 665 g/mol. The number of aliphatic imine (C=N–C) groups is 1. The molecule has 43 heavy (non-hydrogen) atoms. The Hall–Kier alpha value is -4.47. The molecule has 4 unspecified atom stereocenters. The Balaban J connectivity index is 1.94. The molecule has 230 valence electrons. The number of aromatic nitrogens is 2. The molecule has 0 aliphatic carbocycles. The summed E-state index contributed by atoms with van der Waals surface area (Å²) in [6, 6.07) is 3.31. The van der Waals surface area contributed by atoms with Crippen LogP contribution in [0.25, 0.3) is 11.0 Å². The quantitative estimate of drug-likeness (QED) is 0.277. The van der Waals surface area contributed by atoms with Crippen LogP contribution in [0.2, 0.25) is 0 Å². The van der Waals surface area contributed by atoms with Crippen LogP contribution in [0.4, 0.5) is 5.69 Å². The van der Waals surface area contributed by atoms with E-state index in [9.17, 15) is 28.8 Å². The Bertz CT molecular complexity index is 1420. The lowest BCUT2D eigenvalue weighted by Crippen LogP contribution is -2.48. The fourth-order valence-corrected chi connectivity index (χ4v) is 4.53. The van der Waals surface area contributed by atoms with E-state index in [0.29, 0.717) is 21.2 Å². The Morgan fingerprint density at radius 2 is 1.30 bits per heavy atom. The third kappa shape index (κ3) is 8.09. The van der Waals surface area contributed by atoms with Gasteiger partial charge in [0.1, 0.15) is 9.99 Å². The highest BCUT2D eigenvalue weighted by Crippen LogP contribution is 2.31. The number of benzene rings is 1. The van der Waals surface area contributed by atoms with Gasteiger partial charge >= 0.3 is 23.9 Å². The number of fused-ring (bicyclic) bond motifs is 1. The summed E-state index contributed by atoms with van der Waals surface area (Å²) >= 11 is 3.49. The monoisotopic (exact) mass is 664 g/mol. The Kier molecular flexibility index (Phi) is 10.9. The van der Waals surface area contributed by atoms with Crippen molar-refractivity contribution in [3.8, 4) is 0 Å². The van der Waals surface area contributed by atoms with Gasteiger partial charge in [-0.15, -0.1) is 0 Å². The lowest BCUT2D eigenvalue weighted by Gasteiger charge is -2.25. The Morgan fingerprint density at radius 1 is 0.814 bits per heavy atom. The van der Waals surface area contributed by atoms with E-state index >= 15 is 0 Å². The molecule has 1 saturated heterocycles. The predicted octanol–water partition coefficient (Wildman–Crippen LogP) is 1.24. The van der Waals surface area contributed by atoms with Crippen molar-refractivity contribution in [2.45, 2.75) is 66.0 Å². The maximum Gasteiger partial charge on any atom is 0.347 e. The van der Waals surface area contributed by atoms with E-state index in [2.05, 4.69) is 30.9 Å². The van der Waals surface area contributed by atoms with Gasteiger partial charge in [0.25, 0.3) is 11.8 Å². The molecule has 2 heterocycles. The van der Waals surface area contributed by atoms with E-state index in [1.54, 1.807) is 24.5 Å². The van der Waals surface area contributed by atoms with Gasteiger partial charge in [-0.05, 0) is 55.8 Å². The van der Waals surface area contributed by atoms with E-state index in [-0.39, 0.29) is 19.0 Å². The standard InChI is InChI=1S/C27H30BrN5O10/c1-13(42-25(38)15(3)40-17(5)34)23(36)32-11-12-33(24(37)14(2)43-26(39)16(4)41-18(6)35)27(32)31-19-7-8-20-22(21(19)28)30-10-9-29-20/h7-10,13-16H,11-12H2,1-6H3/p+1. The average Bonchev–Trinajstić information content (AvgIpc) is 3.36. The van der Waals surface area contributed by atoms with Crippen molar-refractivity contribution in [2.75, 3.05) is 13.1 Å². The van der Waals surface area contributed by atoms with Gasteiger partial charge in [0.2, 0.25) is 11.5 Å². The second-order valence-corrected chi connectivity index (χ2v) is 10.2. The van der Waals surface area contributed by atoms with Gasteiger partial charge in [0, 0.05) is 26.9 Å². The van der Waals surface area contributed by atoms with Crippen molar-refractivity contribution in [3.63, 3.8) is 0 Å². The summed E-state index contributed by atoms with van der Waals surface area (Å²) in [5.74, 6) is -4.82. The molecule has 0 bridgehead atoms. The number of carbonyl (C=O) groups excluding carboxylic acids is 6. The zero-order valence-electron chi connectivity index (χ0n) is 24.3. The van der Waals surface area contributed by atoms with Gasteiger partial charge < -0.3 is 18.9 Å². The molecule has 15 nitrogen and oxygen atoms in total. The number of aromatic amines is 1. The zero-order chi connectivity index (χ0) is 32.0. The maximum absolute atomic E-state index is 13.5. The minimum Gasteiger partial charge on any atom is -0.451 e. The highest BCUT2D eigenvalue weighted by Gasteiger charge is 2.41. The van der Waals surface area contributed by atoms with Gasteiger partial charge in [0.05, 0.1) is 11.9 Å². The van der Waals surface area contributed by atoms with E-state index in [1.165, 1.54) is 27.7 Å². The van der Waals surface area contributed by atoms with Crippen molar-refractivity contribution in [2.24, 2.45) is 4.99 Å². The lowest BCUT2D eigenvalue weighted by atomic mass is 10.2. The number of hydrogen-bond donors (Lipinski definition) is 0.